The molecule has 1 heterocycles. The van der Waals surface area contributed by atoms with Crippen LogP contribution in [0.2, 0.25) is 19.6 Å². The first-order chi connectivity index (χ1) is 7.96. The molecule has 98 valence electrons. The molecule has 0 unspecified atom stereocenters. The first kappa shape index (κ1) is 15.4. The van der Waals surface area contributed by atoms with Gasteiger partial charge in [-0.15, -0.1) is 9.36 Å². The van der Waals surface area contributed by atoms with E-state index in [-0.39, 0.29) is 24.0 Å². The first-order valence-electron chi connectivity index (χ1n) is 5.95. The topological polar surface area (TPSA) is 21.7 Å². The van der Waals surface area contributed by atoms with Crippen LogP contribution in [-0.4, -0.2) is 18.0 Å². The zero-order chi connectivity index (χ0) is 12.5. The molecule has 0 bridgehead atoms. The molecular weight excluding hydrogens is 353 g/mol. The lowest BCUT2D eigenvalue weighted by Crippen LogP contribution is -3.00. The molecule has 0 radical (unpaired) electrons. The van der Waals surface area contributed by atoms with Crippen LogP contribution in [0.1, 0.15) is 0 Å². The summed E-state index contributed by atoms with van der Waals surface area (Å²) in [6.45, 7) is 7.07. The largest absolute Gasteiger partial charge is 1.00 e. The minimum absolute atomic E-state index is 0. The molecule has 0 fully saturated rings. The van der Waals surface area contributed by atoms with E-state index in [4.69, 9.17) is 0 Å². The van der Waals surface area contributed by atoms with Crippen molar-refractivity contribution < 1.29 is 28.7 Å². The molecule has 0 atom stereocenters. The van der Waals surface area contributed by atoms with Crippen molar-refractivity contribution in [3.8, 4) is 11.3 Å². The summed E-state index contributed by atoms with van der Waals surface area (Å²) in [5, 5.41) is 4.54. The zero-order valence-electron chi connectivity index (χ0n) is 11.4. The number of halogens is 1. The van der Waals surface area contributed by atoms with Gasteiger partial charge in [0.25, 0.3) is 0 Å². The lowest BCUT2D eigenvalue weighted by atomic mass is 10.2. The Labute approximate surface area is 127 Å². The maximum Gasteiger partial charge on any atom is 0.197 e. The minimum Gasteiger partial charge on any atom is -1.00 e. The number of nitrogens with zero attached hydrogens (tertiary/aromatic N) is 3. The summed E-state index contributed by atoms with van der Waals surface area (Å²) < 4.78 is 4.03. The van der Waals surface area contributed by atoms with Crippen LogP contribution in [0.4, 0.5) is 0 Å². The van der Waals surface area contributed by atoms with Gasteiger partial charge < -0.3 is 24.0 Å². The number of aromatic nitrogens is 3. The van der Waals surface area contributed by atoms with Crippen molar-refractivity contribution in [1.29, 1.82) is 0 Å². The predicted octanol–water partition coefficient (Wildman–Crippen LogP) is -0.744. The van der Waals surface area contributed by atoms with Gasteiger partial charge in [-0.3, -0.25) is 0 Å². The van der Waals surface area contributed by atoms with Gasteiger partial charge >= 0.3 is 0 Å². The van der Waals surface area contributed by atoms with Gasteiger partial charge in [0.2, 0.25) is 0 Å². The van der Waals surface area contributed by atoms with Crippen molar-refractivity contribution in [2.45, 2.75) is 25.8 Å². The standard InChI is InChI=1S/C13H20N3Si.HI/c1-15-13(12-8-6-5-7-9-12)10-16(14-15)11-17(2,3)4;/h5-10H,11H2,1-4H3;1H/q+1;/p-1. The molecule has 1 aromatic heterocycles. The zero-order valence-corrected chi connectivity index (χ0v) is 14.5. The Balaban J connectivity index is 0.00000162. The number of rotatable bonds is 3. The maximum atomic E-state index is 4.54. The fourth-order valence-corrected chi connectivity index (χ4v) is 3.03. The van der Waals surface area contributed by atoms with Crippen molar-refractivity contribution in [3.05, 3.63) is 36.5 Å². The van der Waals surface area contributed by atoms with Crippen molar-refractivity contribution in [2.24, 2.45) is 7.05 Å². The summed E-state index contributed by atoms with van der Waals surface area (Å²) in [5.74, 6) is 0. The molecule has 18 heavy (non-hydrogen) atoms. The van der Waals surface area contributed by atoms with E-state index in [1.54, 1.807) is 0 Å². The van der Waals surface area contributed by atoms with Crippen molar-refractivity contribution in [3.63, 3.8) is 0 Å². The molecule has 2 rings (SSSR count). The fraction of sp³-hybridized carbons (Fsp3) is 0.385. The highest BCUT2D eigenvalue weighted by molar-refractivity contribution is 6.74. The monoisotopic (exact) mass is 373 g/mol. The Morgan fingerprint density at radius 3 is 2.33 bits per heavy atom. The Morgan fingerprint density at radius 1 is 1.17 bits per heavy atom. The van der Waals surface area contributed by atoms with E-state index in [9.17, 15) is 0 Å². The third-order valence-electron chi connectivity index (χ3n) is 2.57. The molecule has 0 saturated heterocycles. The second-order valence-electron chi connectivity index (χ2n) is 5.65. The number of hydrogen-bond acceptors (Lipinski definition) is 1. The molecule has 0 aliphatic heterocycles. The predicted molar refractivity (Wildman–Crippen MR) is 72.2 cm³/mol. The minimum atomic E-state index is -1.12. The van der Waals surface area contributed by atoms with Crippen LogP contribution in [0.3, 0.4) is 0 Å². The van der Waals surface area contributed by atoms with E-state index in [1.807, 2.05) is 17.8 Å². The van der Waals surface area contributed by atoms with Gasteiger partial charge in [0.1, 0.15) is 13.2 Å². The van der Waals surface area contributed by atoms with Gasteiger partial charge in [-0.2, -0.15) is 0 Å². The van der Waals surface area contributed by atoms with Crippen LogP contribution < -0.4 is 28.7 Å². The number of hydrogen-bond donors (Lipinski definition) is 0. The molecule has 0 amide bonds. The molecule has 5 heteroatoms. The van der Waals surface area contributed by atoms with Gasteiger partial charge in [0.15, 0.2) is 11.9 Å². The van der Waals surface area contributed by atoms with Gasteiger partial charge in [-0.05, 0) is 0 Å². The number of aryl methyl sites for hydroxylation is 1. The Hall–Kier alpha value is -0.693. The molecule has 0 saturated carbocycles. The Bertz CT molecular complexity index is 503. The normalized spacial score (nSPS) is 11.1. The number of benzene rings is 1. The lowest BCUT2D eigenvalue weighted by Gasteiger charge is -2.09. The molecule has 0 N–H and O–H groups in total. The van der Waals surface area contributed by atoms with Crippen LogP contribution in [0.5, 0.6) is 0 Å². The average Bonchev–Trinajstić information content (AvgIpc) is 2.58. The van der Waals surface area contributed by atoms with Crippen LogP contribution in [0, 0.1) is 0 Å². The third kappa shape index (κ3) is 3.91. The summed E-state index contributed by atoms with van der Waals surface area (Å²) in [6, 6.07) is 10.4. The molecule has 2 aromatic rings. The summed E-state index contributed by atoms with van der Waals surface area (Å²) >= 11 is 0. The molecule has 0 aliphatic carbocycles. The van der Waals surface area contributed by atoms with E-state index in [0.29, 0.717) is 0 Å². The van der Waals surface area contributed by atoms with Gasteiger partial charge in [-0.1, -0.05) is 50.0 Å². The van der Waals surface area contributed by atoms with Crippen LogP contribution in [0.15, 0.2) is 36.5 Å². The molecule has 3 nitrogen and oxygen atoms in total. The summed E-state index contributed by atoms with van der Waals surface area (Å²) in [4.78, 5) is 0. The Kier molecular flexibility index (Phi) is 5.09. The van der Waals surface area contributed by atoms with Crippen LogP contribution in [0.25, 0.3) is 11.3 Å². The highest BCUT2D eigenvalue weighted by Gasteiger charge is 2.21. The average molecular weight is 373 g/mol. The van der Waals surface area contributed by atoms with Crippen molar-refractivity contribution in [2.75, 3.05) is 0 Å². The van der Waals surface area contributed by atoms with Crippen LogP contribution in [-0.2, 0) is 13.2 Å². The second kappa shape index (κ2) is 5.97. The van der Waals surface area contributed by atoms with E-state index in [0.717, 1.165) is 6.17 Å². The smallest absolute Gasteiger partial charge is 0.197 e. The Morgan fingerprint density at radius 2 is 1.78 bits per heavy atom. The van der Waals surface area contributed by atoms with Gasteiger partial charge in [-0.25, -0.2) is 0 Å². The van der Waals surface area contributed by atoms with Gasteiger partial charge in [0, 0.05) is 5.56 Å². The molecule has 0 aliphatic rings. The van der Waals surface area contributed by atoms with Crippen molar-refractivity contribution in [1.82, 2.24) is 9.90 Å². The van der Waals surface area contributed by atoms with E-state index < -0.39 is 8.07 Å². The van der Waals surface area contributed by atoms with E-state index in [1.165, 1.54) is 11.3 Å². The van der Waals surface area contributed by atoms with E-state index >= 15 is 0 Å². The van der Waals surface area contributed by atoms with Crippen molar-refractivity contribution >= 4 is 8.07 Å². The molecule has 0 spiro atoms. The SMILES string of the molecule is C[n+]1nn(C[Si](C)(C)C)cc1-c1ccccc1.[I-]. The quantitative estimate of drug-likeness (QED) is 0.395. The highest BCUT2D eigenvalue weighted by Crippen LogP contribution is 2.14. The molecular formula is C13H20IN3Si. The maximum absolute atomic E-state index is 4.54. The third-order valence-corrected chi connectivity index (χ3v) is 3.85. The summed E-state index contributed by atoms with van der Waals surface area (Å²) in [5.41, 5.74) is 2.39. The molecule has 1 aromatic carbocycles. The summed E-state index contributed by atoms with van der Waals surface area (Å²) in [6.07, 6.45) is 3.21. The summed E-state index contributed by atoms with van der Waals surface area (Å²) in [7, 11) is 0.882. The lowest BCUT2D eigenvalue weighted by molar-refractivity contribution is -0.722. The van der Waals surface area contributed by atoms with E-state index in [2.05, 4.69) is 60.0 Å². The van der Waals surface area contributed by atoms with Crippen LogP contribution >= 0.6 is 0 Å². The highest BCUT2D eigenvalue weighted by atomic mass is 127. The second-order valence-corrected chi connectivity index (χ2v) is 11.1. The van der Waals surface area contributed by atoms with Gasteiger partial charge in [0.05, 0.1) is 13.3 Å². The first-order valence-corrected chi connectivity index (χ1v) is 9.66. The fourth-order valence-electron chi connectivity index (χ4n) is 1.90.